The quantitative estimate of drug-likeness (QED) is 0.0937. The van der Waals surface area contributed by atoms with Crippen molar-refractivity contribution in [2.24, 2.45) is 5.41 Å². The molecule has 12 rings (SSSR count). The lowest BCUT2D eigenvalue weighted by Crippen LogP contribution is -2.63. The molecule has 0 radical (unpaired) electrons. The number of fused-ring (bicyclic) bond motifs is 3. The van der Waals surface area contributed by atoms with Gasteiger partial charge in [0.1, 0.15) is 34.6 Å². The van der Waals surface area contributed by atoms with E-state index in [4.69, 9.17) is 29.2 Å². The second-order valence-corrected chi connectivity index (χ2v) is 22.7. The minimum Gasteiger partial charge on any atom is -0.468 e. The Bertz CT molecular complexity index is 3080. The number of nitrogens with one attached hydrogen (secondary N) is 1. The van der Waals surface area contributed by atoms with Crippen molar-refractivity contribution in [1.29, 1.82) is 0 Å². The van der Waals surface area contributed by atoms with E-state index in [1.807, 2.05) is 24.0 Å². The van der Waals surface area contributed by atoms with Crippen molar-refractivity contribution in [3.8, 4) is 23.0 Å². The van der Waals surface area contributed by atoms with E-state index >= 15 is 8.78 Å². The monoisotopic (exact) mass is 1040 g/mol. The van der Waals surface area contributed by atoms with Gasteiger partial charge in [-0.2, -0.15) is 9.97 Å². The van der Waals surface area contributed by atoms with Crippen LogP contribution in [0, 0.1) is 17.0 Å². The zero-order valence-corrected chi connectivity index (χ0v) is 43.8. The van der Waals surface area contributed by atoms with Gasteiger partial charge in [-0.05, 0) is 117 Å². The van der Waals surface area contributed by atoms with Gasteiger partial charge in [-0.25, -0.2) is 8.78 Å². The molecular weight excluding hydrogens is 975 g/mol. The Labute approximate surface area is 441 Å². The van der Waals surface area contributed by atoms with Crippen LogP contribution in [0.4, 0.5) is 20.3 Å². The zero-order valence-electron chi connectivity index (χ0n) is 43.8. The third kappa shape index (κ3) is 9.82. The van der Waals surface area contributed by atoms with Gasteiger partial charge in [-0.3, -0.25) is 39.4 Å². The number of methoxy groups -OCH3 is 1. The second kappa shape index (κ2) is 20.4. The summed E-state index contributed by atoms with van der Waals surface area (Å²) in [6, 6.07) is 13.1. The summed E-state index contributed by atoms with van der Waals surface area (Å²) in [6.45, 7) is 14.3. The van der Waals surface area contributed by atoms with Crippen LogP contribution in [0.3, 0.4) is 0 Å². The lowest BCUT2D eigenvalue weighted by Gasteiger charge is -2.50. The van der Waals surface area contributed by atoms with E-state index in [-0.39, 0.29) is 59.4 Å². The number of benzene rings is 3. The smallest absolute Gasteiger partial charge is 0.319 e. The highest BCUT2D eigenvalue weighted by Gasteiger charge is 2.48. The van der Waals surface area contributed by atoms with Crippen molar-refractivity contribution in [2.45, 2.75) is 102 Å². The summed E-state index contributed by atoms with van der Waals surface area (Å²) in [5.74, 6) is -0.993. The van der Waals surface area contributed by atoms with Crippen LogP contribution in [0.15, 0.2) is 48.7 Å². The number of anilines is 2. The van der Waals surface area contributed by atoms with Gasteiger partial charge in [0.2, 0.25) is 11.8 Å². The maximum Gasteiger partial charge on any atom is 0.319 e. The number of ether oxygens (including phenoxy) is 3. The molecule has 6 fully saturated rings. The average molecular weight is 1040 g/mol. The van der Waals surface area contributed by atoms with E-state index in [0.717, 1.165) is 102 Å². The van der Waals surface area contributed by atoms with Gasteiger partial charge in [-0.1, -0.05) is 13.0 Å². The van der Waals surface area contributed by atoms with E-state index in [2.05, 4.69) is 31.0 Å². The van der Waals surface area contributed by atoms with E-state index < -0.39 is 17.5 Å². The molecule has 1 saturated carbocycles. The maximum absolute atomic E-state index is 17.4. The van der Waals surface area contributed by atoms with Gasteiger partial charge in [0.05, 0.1) is 17.6 Å². The SMILES string of the molecule is CCc1c(F)ccc2cc(OCOC)cc(-c3ncc4c(N5CCC[C@@](C)(O)C5)nc(OCC5(CN6CC(N7CCC(N8CCN(c9ccc%10c(c9)CN([C@H]9CCC(=O)NC9=O)C%10=O)CC8)CC7)C6)CC5)nc4c3F)c12. The molecular formula is C57H68F2N10O7. The molecule has 2 atom stereocenters. The molecule has 7 aliphatic rings. The summed E-state index contributed by atoms with van der Waals surface area (Å²) in [4.78, 5) is 65.7. The number of carbonyl (C=O) groups excluding carboxylic acids is 3. The molecule has 0 unspecified atom stereocenters. The van der Waals surface area contributed by atoms with Crippen molar-refractivity contribution in [2.75, 3.05) is 102 Å². The molecule has 1 aliphatic carbocycles. The molecule has 76 heavy (non-hydrogen) atoms. The van der Waals surface area contributed by atoms with E-state index in [1.54, 1.807) is 36.2 Å². The molecule has 0 bridgehead atoms. The number of aliphatic hydroxyl groups is 1. The van der Waals surface area contributed by atoms with Gasteiger partial charge < -0.3 is 34.0 Å². The third-order valence-corrected chi connectivity index (χ3v) is 17.4. The number of amides is 3. The van der Waals surface area contributed by atoms with Crippen LogP contribution in [0.25, 0.3) is 32.9 Å². The fraction of sp³-hybridized carbons (Fsp3) is 0.544. The summed E-state index contributed by atoms with van der Waals surface area (Å²) in [5.41, 5.74) is 2.55. The third-order valence-electron chi connectivity index (χ3n) is 17.4. The number of aryl methyl sites for hydroxylation is 1. The zero-order chi connectivity index (χ0) is 52.5. The Kier molecular flexibility index (Phi) is 13.6. The van der Waals surface area contributed by atoms with Gasteiger partial charge in [0, 0.05) is 133 Å². The lowest BCUT2D eigenvalue weighted by molar-refractivity contribution is -0.136. The largest absolute Gasteiger partial charge is 0.468 e. The molecule has 5 aromatic rings. The standard InChI is InChI=1S/C57H68F2N10O7/c1-4-41-45(58)9-6-35-25-40(76-34-74-3)26-43(48(35)41)50-49(59)51-44(27-60-50)52(68-17-5-14-56(2,73)31-68)63-55(62-51)75-33-57(15-16-57)32-64-29-39(30-64)65-18-12-37(13-19-65)66-20-22-67(23-21-66)38-7-8-42-36(24-38)28-69(54(42)72)46-10-11-47(70)61-53(46)71/h6-9,24-27,37,39,46,73H,4-5,10-23,28-34H2,1-3H3,(H,61,70,71)/t46-,56+/m0/s1. The summed E-state index contributed by atoms with van der Waals surface area (Å²) in [5, 5.41) is 15.2. The second-order valence-electron chi connectivity index (χ2n) is 22.7. The van der Waals surface area contributed by atoms with Crippen LogP contribution >= 0.6 is 0 Å². The average Bonchev–Trinajstić information content (AvgIpc) is 4.12. The number of nitrogens with zero attached hydrogens (tertiary/aromatic N) is 9. The Morgan fingerprint density at radius 3 is 2.38 bits per heavy atom. The number of hydrogen-bond donors (Lipinski definition) is 2. The number of imide groups is 1. The first kappa shape index (κ1) is 50.7. The van der Waals surface area contributed by atoms with Gasteiger partial charge in [-0.15, -0.1) is 0 Å². The molecule has 3 aromatic carbocycles. The first-order valence-corrected chi connectivity index (χ1v) is 27.3. The number of β-amino-alcohol motifs (C(OH)–C–C–N with tert-alkyl or cyclic N) is 1. The summed E-state index contributed by atoms with van der Waals surface area (Å²) >= 11 is 0. The van der Waals surface area contributed by atoms with Crippen LogP contribution in [-0.2, 0) is 27.3 Å². The highest BCUT2D eigenvalue weighted by Crippen LogP contribution is 2.48. The first-order chi connectivity index (χ1) is 36.8. The lowest BCUT2D eigenvalue weighted by atomic mass is 9.94. The Morgan fingerprint density at radius 1 is 0.855 bits per heavy atom. The number of piperazine rings is 1. The minimum absolute atomic E-state index is 0.00689. The van der Waals surface area contributed by atoms with Crippen molar-refractivity contribution >= 4 is 50.9 Å². The molecule has 19 heteroatoms. The highest BCUT2D eigenvalue weighted by atomic mass is 19.1. The molecule has 5 saturated heterocycles. The van der Waals surface area contributed by atoms with Gasteiger partial charge >= 0.3 is 6.01 Å². The molecule has 8 heterocycles. The van der Waals surface area contributed by atoms with Crippen molar-refractivity contribution in [3.05, 3.63) is 77.0 Å². The predicted molar refractivity (Wildman–Crippen MR) is 282 cm³/mol. The highest BCUT2D eigenvalue weighted by molar-refractivity contribution is 6.06. The van der Waals surface area contributed by atoms with E-state index in [0.29, 0.717) is 102 Å². The molecule has 0 spiro atoms. The molecule has 6 aliphatic heterocycles. The molecule has 2 N–H and O–H groups in total. The summed E-state index contributed by atoms with van der Waals surface area (Å²) < 4.78 is 50.3. The molecule has 3 amide bonds. The van der Waals surface area contributed by atoms with Crippen molar-refractivity contribution < 1.29 is 42.5 Å². The predicted octanol–water partition coefficient (Wildman–Crippen LogP) is 5.91. The van der Waals surface area contributed by atoms with Gasteiger partial charge in [0.25, 0.3) is 5.91 Å². The number of piperidine rings is 3. The molecule has 17 nitrogen and oxygen atoms in total. The van der Waals surface area contributed by atoms with Crippen LogP contribution in [0.1, 0.15) is 86.7 Å². The normalized spacial score (nSPS) is 23.8. The Balaban J connectivity index is 0.669. The van der Waals surface area contributed by atoms with Crippen molar-refractivity contribution in [1.82, 2.24) is 39.9 Å². The van der Waals surface area contributed by atoms with Crippen LogP contribution in [0.2, 0.25) is 0 Å². The fourth-order valence-corrected chi connectivity index (χ4v) is 13.0. The first-order valence-electron chi connectivity index (χ1n) is 27.3. The number of pyridine rings is 1. The van der Waals surface area contributed by atoms with E-state index in [1.165, 1.54) is 13.2 Å². The topological polar surface area (TPSA) is 169 Å². The number of halogens is 2. The Hall–Kier alpha value is -6.12. The number of likely N-dealkylation sites (tertiary alicyclic amines) is 2. The van der Waals surface area contributed by atoms with Crippen LogP contribution in [0.5, 0.6) is 11.8 Å². The van der Waals surface area contributed by atoms with E-state index in [9.17, 15) is 19.5 Å². The summed E-state index contributed by atoms with van der Waals surface area (Å²) in [6.07, 6.45) is 8.26. The maximum atomic E-state index is 17.4. The number of aromatic nitrogens is 3. The fourth-order valence-electron chi connectivity index (χ4n) is 13.0. The van der Waals surface area contributed by atoms with Gasteiger partial charge in [0.15, 0.2) is 12.6 Å². The van der Waals surface area contributed by atoms with Crippen molar-refractivity contribution in [3.63, 3.8) is 0 Å². The van der Waals surface area contributed by atoms with Crippen LogP contribution < -0.4 is 24.6 Å². The Morgan fingerprint density at radius 2 is 1.64 bits per heavy atom. The van der Waals surface area contributed by atoms with Crippen LogP contribution in [-0.4, -0.2) is 174 Å². The summed E-state index contributed by atoms with van der Waals surface area (Å²) in [7, 11) is 1.52. The molecule has 2 aromatic heterocycles. The molecule has 402 valence electrons. The number of carbonyl (C=O) groups is 3. The minimum atomic E-state index is -0.963. The number of rotatable bonds is 15. The number of hydrogen-bond acceptors (Lipinski definition) is 15.